The van der Waals surface area contributed by atoms with Gasteiger partial charge in [-0.2, -0.15) is 0 Å². The second kappa shape index (κ2) is 7.25. The first kappa shape index (κ1) is 14.8. The van der Waals surface area contributed by atoms with Crippen molar-refractivity contribution in [3.63, 3.8) is 0 Å². The van der Waals surface area contributed by atoms with Crippen molar-refractivity contribution in [2.24, 2.45) is 0 Å². The van der Waals surface area contributed by atoms with E-state index < -0.39 is 0 Å². The average molecular weight is 267 g/mol. The van der Waals surface area contributed by atoms with Gasteiger partial charge in [-0.3, -0.25) is 0 Å². The van der Waals surface area contributed by atoms with E-state index in [1.54, 1.807) is 0 Å². The van der Waals surface area contributed by atoms with Gasteiger partial charge in [0.1, 0.15) is 0 Å². The summed E-state index contributed by atoms with van der Waals surface area (Å²) in [5.41, 5.74) is 5.71. The van der Waals surface area contributed by atoms with Crippen LogP contribution in [0.1, 0.15) is 35.1 Å². The fraction of sp³-hybridized carbons (Fsp3) is 0.368. The van der Waals surface area contributed by atoms with Crippen molar-refractivity contribution < 1.29 is 0 Å². The molecule has 2 aromatic carbocycles. The molecule has 0 aliphatic carbocycles. The molecule has 0 spiro atoms. The van der Waals surface area contributed by atoms with Crippen molar-refractivity contribution in [3.8, 4) is 0 Å². The Morgan fingerprint density at radius 1 is 0.900 bits per heavy atom. The van der Waals surface area contributed by atoms with E-state index in [2.05, 4.69) is 74.6 Å². The van der Waals surface area contributed by atoms with E-state index in [-0.39, 0.29) is 0 Å². The first-order chi connectivity index (χ1) is 9.72. The molecule has 106 valence electrons. The number of hydrogen-bond donors (Lipinski definition) is 1. The van der Waals surface area contributed by atoms with E-state index >= 15 is 0 Å². The van der Waals surface area contributed by atoms with Crippen LogP contribution in [0.2, 0.25) is 0 Å². The summed E-state index contributed by atoms with van der Waals surface area (Å²) < 4.78 is 0. The molecule has 1 heteroatoms. The van der Waals surface area contributed by atoms with Crippen LogP contribution >= 0.6 is 0 Å². The zero-order valence-corrected chi connectivity index (χ0v) is 12.8. The molecule has 0 fully saturated rings. The van der Waals surface area contributed by atoms with Gasteiger partial charge in [0.15, 0.2) is 0 Å². The van der Waals surface area contributed by atoms with Gasteiger partial charge in [0.2, 0.25) is 0 Å². The fourth-order valence-corrected chi connectivity index (χ4v) is 2.76. The highest BCUT2D eigenvalue weighted by Gasteiger charge is 2.14. The van der Waals surface area contributed by atoms with Gasteiger partial charge >= 0.3 is 0 Å². The predicted molar refractivity (Wildman–Crippen MR) is 87.3 cm³/mol. The standard InChI is InChI=1S/C19H25N/c1-4-20-14-18(19-12-8-6-10-16(19)3)13-17-11-7-5-9-15(17)2/h5-12,18,20H,4,13-14H2,1-3H3. The van der Waals surface area contributed by atoms with Gasteiger partial charge in [0.05, 0.1) is 0 Å². The summed E-state index contributed by atoms with van der Waals surface area (Å²) in [6.07, 6.45) is 1.10. The van der Waals surface area contributed by atoms with Crippen LogP contribution in [0.4, 0.5) is 0 Å². The molecule has 1 unspecified atom stereocenters. The second-order valence-corrected chi connectivity index (χ2v) is 5.49. The smallest absolute Gasteiger partial charge is 0.00233 e. The number of rotatable bonds is 6. The number of nitrogens with one attached hydrogen (secondary N) is 1. The Morgan fingerprint density at radius 3 is 2.20 bits per heavy atom. The van der Waals surface area contributed by atoms with Crippen LogP contribution in [0.25, 0.3) is 0 Å². The highest BCUT2D eigenvalue weighted by molar-refractivity contribution is 5.33. The topological polar surface area (TPSA) is 12.0 Å². The highest BCUT2D eigenvalue weighted by atomic mass is 14.8. The van der Waals surface area contributed by atoms with Gasteiger partial charge in [-0.25, -0.2) is 0 Å². The monoisotopic (exact) mass is 267 g/mol. The predicted octanol–water partition coefficient (Wildman–Crippen LogP) is 4.24. The van der Waals surface area contributed by atoms with Crippen LogP contribution in [0.15, 0.2) is 48.5 Å². The number of hydrogen-bond acceptors (Lipinski definition) is 1. The Morgan fingerprint density at radius 2 is 1.55 bits per heavy atom. The van der Waals surface area contributed by atoms with Gasteiger partial charge in [-0.1, -0.05) is 55.5 Å². The van der Waals surface area contributed by atoms with Crippen LogP contribution in [0, 0.1) is 13.8 Å². The van der Waals surface area contributed by atoms with Crippen LogP contribution in [-0.4, -0.2) is 13.1 Å². The second-order valence-electron chi connectivity index (χ2n) is 5.49. The molecule has 0 aliphatic rings. The summed E-state index contributed by atoms with van der Waals surface area (Å²) in [7, 11) is 0. The van der Waals surface area contributed by atoms with E-state index in [1.807, 2.05) is 0 Å². The third-order valence-corrected chi connectivity index (χ3v) is 4.00. The summed E-state index contributed by atoms with van der Waals surface area (Å²) in [5.74, 6) is 0.539. The lowest BCUT2D eigenvalue weighted by Crippen LogP contribution is -2.23. The Hall–Kier alpha value is -1.60. The van der Waals surface area contributed by atoms with Crippen LogP contribution in [0.5, 0.6) is 0 Å². The van der Waals surface area contributed by atoms with E-state index in [4.69, 9.17) is 0 Å². The van der Waals surface area contributed by atoms with E-state index in [0.29, 0.717) is 5.92 Å². The molecule has 0 heterocycles. The van der Waals surface area contributed by atoms with Crippen molar-refractivity contribution in [3.05, 3.63) is 70.8 Å². The van der Waals surface area contributed by atoms with E-state index in [9.17, 15) is 0 Å². The third kappa shape index (κ3) is 3.71. The molecule has 2 aromatic rings. The SMILES string of the molecule is CCNCC(Cc1ccccc1C)c1ccccc1C. The summed E-state index contributed by atoms with van der Waals surface area (Å²) in [6, 6.07) is 17.5. The van der Waals surface area contributed by atoms with E-state index in [1.165, 1.54) is 22.3 Å². The molecule has 0 radical (unpaired) electrons. The Labute approximate surface area is 123 Å². The zero-order chi connectivity index (χ0) is 14.4. The van der Waals surface area contributed by atoms with Crippen molar-refractivity contribution in [1.29, 1.82) is 0 Å². The molecular formula is C19H25N. The lowest BCUT2D eigenvalue weighted by Gasteiger charge is -2.21. The summed E-state index contributed by atoms with van der Waals surface area (Å²) >= 11 is 0. The third-order valence-electron chi connectivity index (χ3n) is 4.00. The molecule has 0 amide bonds. The molecular weight excluding hydrogens is 242 g/mol. The molecule has 0 bridgehead atoms. The molecule has 0 aliphatic heterocycles. The molecule has 1 nitrogen and oxygen atoms in total. The molecule has 0 saturated carbocycles. The zero-order valence-electron chi connectivity index (χ0n) is 12.8. The molecule has 2 rings (SSSR count). The van der Waals surface area contributed by atoms with E-state index in [0.717, 1.165) is 19.5 Å². The Bertz CT molecular complexity index is 545. The molecule has 20 heavy (non-hydrogen) atoms. The Balaban J connectivity index is 2.24. The lowest BCUT2D eigenvalue weighted by molar-refractivity contribution is 0.591. The molecule has 0 saturated heterocycles. The normalized spacial score (nSPS) is 12.3. The molecule has 0 aromatic heterocycles. The van der Waals surface area contributed by atoms with Crippen molar-refractivity contribution in [2.45, 2.75) is 33.1 Å². The van der Waals surface area contributed by atoms with Gasteiger partial charge in [-0.15, -0.1) is 0 Å². The molecule has 1 atom stereocenters. The van der Waals surface area contributed by atoms with Crippen molar-refractivity contribution >= 4 is 0 Å². The first-order valence-corrected chi connectivity index (χ1v) is 7.53. The van der Waals surface area contributed by atoms with Crippen LogP contribution in [0.3, 0.4) is 0 Å². The highest BCUT2D eigenvalue weighted by Crippen LogP contribution is 2.24. The maximum absolute atomic E-state index is 3.51. The molecule has 1 N–H and O–H groups in total. The number of likely N-dealkylation sites (N-methyl/N-ethyl adjacent to an activating group) is 1. The summed E-state index contributed by atoms with van der Waals surface area (Å²) in [6.45, 7) is 8.65. The van der Waals surface area contributed by atoms with Gasteiger partial charge in [0, 0.05) is 12.5 Å². The quantitative estimate of drug-likeness (QED) is 0.825. The Kier molecular flexibility index (Phi) is 5.37. The minimum atomic E-state index is 0.539. The van der Waals surface area contributed by atoms with Crippen molar-refractivity contribution in [1.82, 2.24) is 5.32 Å². The van der Waals surface area contributed by atoms with Gasteiger partial charge in [0.25, 0.3) is 0 Å². The van der Waals surface area contributed by atoms with Crippen LogP contribution < -0.4 is 5.32 Å². The minimum absolute atomic E-state index is 0.539. The number of benzene rings is 2. The lowest BCUT2D eigenvalue weighted by atomic mass is 9.88. The average Bonchev–Trinajstić information content (AvgIpc) is 2.46. The van der Waals surface area contributed by atoms with Gasteiger partial charge < -0.3 is 5.32 Å². The largest absolute Gasteiger partial charge is 0.316 e. The van der Waals surface area contributed by atoms with Crippen LogP contribution in [-0.2, 0) is 6.42 Å². The number of aryl methyl sites for hydroxylation is 2. The minimum Gasteiger partial charge on any atom is -0.316 e. The van der Waals surface area contributed by atoms with Gasteiger partial charge in [-0.05, 0) is 49.1 Å². The van der Waals surface area contributed by atoms with Crippen molar-refractivity contribution in [2.75, 3.05) is 13.1 Å². The first-order valence-electron chi connectivity index (χ1n) is 7.53. The maximum Gasteiger partial charge on any atom is 0.00233 e. The fourth-order valence-electron chi connectivity index (χ4n) is 2.76. The summed E-state index contributed by atoms with van der Waals surface area (Å²) in [4.78, 5) is 0. The maximum atomic E-state index is 3.51. The summed E-state index contributed by atoms with van der Waals surface area (Å²) in [5, 5.41) is 3.51.